The van der Waals surface area contributed by atoms with Crippen LogP contribution in [0.1, 0.15) is 6.92 Å². The van der Waals surface area contributed by atoms with Crippen molar-refractivity contribution in [2.75, 3.05) is 12.4 Å². The normalized spacial score (nSPS) is 11.9. The lowest BCUT2D eigenvalue weighted by Gasteiger charge is -2.04. The molecule has 0 aliphatic heterocycles. The Kier molecular flexibility index (Phi) is 3.82. The van der Waals surface area contributed by atoms with E-state index in [1.165, 1.54) is 19.5 Å². The summed E-state index contributed by atoms with van der Waals surface area (Å²) in [6.07, 6.45) is 2.98. The van der Waals surface area contributed by atoms with Gasteiger partial charge in [-0.15, -0.1) is 0 Å². The van der Waals surface area contributed by atoms with Crippen LogP contribution in [0.15, 0.2) is 12.4 Å². The number of nitrogens with one attached hydrogen (secondary N) is 1. The summed E-state index contributed by atoms with van der Waals surface area (Å²) in [5.74, 6) is 0.632. The summed E-state index contributed by atoms with van der Waals surface area (Å²) in [5, 5.41) is 2.53. The average molecular weight is 260 g/mol. The molecule has 1 atom stereocenters. The van der Waals surface area contributed by atoms with Gasteiger partial charge in [0.2, 0.25) is 11.9 Å². The molecule has 1 amide bonds. The quantitative estimate of drug-likeness (QED) is 0.829. The Morgan fingerprint density at radius 1 is 1.57 bits per heavy atom. The zero-order valence-electron chi connectivity index (χ0n) is 7.82. The number of amides is 1. The zero-order valence-corrected chi connectivity index (χ0v) is 9.41. The maximum atomic E-state index is 11.2. The van der Waals surface area contributed by atoms with Gasteiger partial charge in [0.15, 0.2) is 5.75 Å². The molecule has 1 heterocycles. The van der Waals surface area contributed by atoms with Crippen molar-refractivity contribution in [3.05, 3.63) is 12.4 Å². The van der Waals surface area contributed by atoms with E-state index in [1.807, 2.05) is 0 Å². The number of rotatable bonds is 3. The lowest BCUT2D eigenvalue weighted by atomic mass is 10.4. The SMILES string of the molecule is COc1cnc(NC(=O)[C@@H](C)Br)nc1. The molecular weight excluding hydrogens is 250 g/mol. The number of halogens is 1. The third kappa shape index (κ3) is 2.95. The number of alkyl halides is 1. The number of hydrogen-bond acceptors (Lipinski definition) is 4. The molecule has 0 unspecified atom stereocenters. The van der Waals surface area contributed by atoms with Crippen molar-refractivity contribution in [2.45, 2.75) is 11.8 Å². The number of anilines is 1. The minimum atomic E-state index is -0.270. The smallest absolute Gasteiger partial charge is 0.240 e. The number of ether oxygens (including phenoxy) is 1. The zero-order chi connectivity index (χ0) is 10.6. The fraction of sp³-hybridized carbons (Fsp3) is 0.375. The van der Waals surface area contributed by atoms with E-state index in [1.54, 1.807) is 6.92 Å². The third-order valence-corrected chi connectivity index (χ3v) is 1.88. The highest BCUT2D eigenvalue weighted by Gasteiger charge is 2.09. The van der Waals surface area contributed by atoms with Gasteiger partial charge in [0, 0.05) is 0 Å². The molecule has 14 heavy (non-hydrogen) atoms. The summed E-state index contributed by atoms with van der Waals surface area (Å²) in [6.45, 7) is 1.72. The first-order valence-electron chi connectivity index (χ1n) is 3.94. The maximum Gasteiger partial charge on any atom is 0.240 e. The number of nitrogens with zero attached hydrogens (tertiary/aromatic N) is 2. The van der Waals surface area contributed by atoms with Crippen LogP contribution in [-0.2, 0) is 4.79 Å². The van der Waals surface area contributed by atoms with E-state index in [9.17, 15) is 4.79 Å². The van der Waals surface area contributed by atoms with Crippen LogP contribution >= 0.6 is 15.9 Å². The second-order valence-corrected chi connectivity index (χ2v) is 3.93. The van der Waals surface area contributed by atoms with Crippen molar-refractivity contribution in [2.24, 2.45) is 0 Å². The van der Waals surface area contributed by atoms with Gasteiger partial charge >= 0.3 is 0 Å². The van der Waals surface area contributed by atoms with Gasteiger partial charge in [-0.3, -0.25) is 10.1 Å². The number of aromatic nitrogens is 2. The molecule has 0 aliphatic rings. The van der Waals surface area contributed by atoms with Gasteiger partial charge < -0.3 is 4.74 Å². The number of hydrogen-bond donors (Lipinski definition) is 1. The van der Waals surface area contributed by atoms with Crippen molar-refractivity contribution in [3.63, 3.8) is 0 Å². The van der Waals surface area contributed by atoms with Crippen molar-refractivity contribution in [1.82, 2.24) is 9.97 Å². The van der Waals surface area contributed by atoms with Crippen LogP contribution in [0.5, 0.6) is 5.75 Å². The Labute approximate surface area is 90.0 Å². The molecule has 1 N–H and O–H groups in total. The third-order valence-electron chi connectivity index (χ3n) is 1.46. The standard InChI is InChI=1S/C8H10BrN3O2/c1-5(9)7(13)12-8-10-3-6(14-2)4-11-8/h3-5H,1-2H3,(H,10,11,12,13)/t5-/m1/s1. The van der Waals surface area contributed by atoms with Crippen LogP contribution in [0.3, 0.4) is 0 Å². The number of methoxy groups -OCH3 is 1. The fourth-order valence-corrected chi connectivity index (χ4v) is 0.810. The molecular formula is C8H10BrN3O2. The van der Waals surface area contributed by atoms with E-state index in [0.29, 0.717) is 5.75 Å². The molecule has 1 aromatic heterocycles. The predicted molar refractivity (Wildman–Crippen MR) is 55.6 cm³/mol. The lowest BCUT2D eigenvalue weighted by molar-refractivity contribution is -0.115. The van der Waals surface area contributed by atoms with Crippen LogP contribution in [0.4, 0.5) is 5.95 Å². The monoisotopic (exact) mass is 259 g/mol. The first-order valence-corrected chi connectivity index (χ1v) is 4.86. The molecule has 1 aromatic rings. The van der Waals surface area contributed by atoms with E-state index >= 15 is 0 Å². The second kappa shape index (κ2) is 4.90. The topological polar surface area (TPSA) is 64.1 Å². The predicted octanol–water partition coefficient (Wildman–Crippen LogP) is 1.21. The van der Waals surface area contributed by atoms with Crippen molar-refractivity contribution >= 4 is 27.8 Å². The number of carbonyl (C=O) groups excluding carboxylic acids is 1. The Morgan fingerprint density at radius 2 is 2.14 bits per heavy atom. The summed E-state index contributed by atoms with van der Waals surface area (Å²) in [7, 11) is 1.53. The van der Waals surface area contributed by atoms with E-state index in [4.69, 9.17) is 4.74 Å². The number of carbonyl (C=O) groups is 1. The summed E-state index contributed by atoms with van der Waals surface area (Å²) in [5.41, 5.74) is 0. The van der Waals surface area contributed by atoms with Gasteiger partial charge in [-0.05, 0) is 6.92 Å². The van der Waals surface area contributed by atoms with Gasteiger partial charge in [0.1, 0.15) is 0 Å². The second-order valence-electron chi connectivity index (χ2n) is 2.55. The Balaban J connectivity index is 2.64. The summed E-state index contributed by atoms with van der Waals surface area (Å²) < 4.78 is 4.87. The molecule has 1 rings (SSSR count). The Hall–Kier alpha value is -1.17. The molecule has 0 saturated heterocycles. The van der Waals surface area contributed by atoms with Crippen LogP contribution in [-0.4, -0.2) is 27.8 Å². The van der Waals surface area contributed by atoms with Crippen LogP contribution in [0, 0.1) is 0 Å². The van der Waals surface area contributed by atoms with Crippen LogP contribution in [0.25, 0.3) is 0 Å². The van der Waals surface area contributed by atoms with Gasteiger partial charge in [-0.25, -0.2) is 9.97 Å². The Bertz CT molecular complexity index is 313. The largest absolute Gasteiger partial charge is 0.494 e. The highest BCUT2D eigenvalue weighted by molar-refractivity contribution is 9.10. The maximum absolute atomic E-state index is 11.2. The van der Waals surface area contributed by atoms with Crippen molar-refractivity contribution < 1.29 is 9.53 Å². The molecule has 6 heteroatoms. The molecule has 0 aromatic carbocycles. The van der Waals surface area contributed by atoms with E-state index in [-0.39, 0.29) is 16.7 Å². The molecule has 0 aliphatic carbocycles. The first-order chi connectivity index (χ1) is 6.63. The fourth-order valence-electron chi connectivity index (χ4n) is 0.696. The van der Waals surface area contributed by atoms with E-state index < -0.39 is 0 Å². The van der Waals surface area contributed by atoms with Crippen molar-refractivity contribution in [1.29, 1.82) is 0 Å². The summed E-state index contributed by atoms with van der Waals surface area (Å²) >= 11 is 3.13. The van der Waals surface area contributed by atoms with Gasteiger partial charge in [-0.1, -0.05) is 15.9 Å². The first kappa shape index (κ1) is 10.9. The highest BCUT2D eigenvalue weighted by Crippen LogP contribution is 2.08. The molecule has 0 radical (unpaired) electrons. The minimum Gasteiger partial charge on any atom is -0.494 e. The molecule has 5 nitrogen and oxygen atoms in total. The molecule has 0 fully saturated rings. The summed E-state index contributed by atoms with van der Waals surface area (Å²) in [4.78, 5) is 18.7. The molecule has 0 spiro atoms. The van der Waals surface area contributed by atoms with Crippen molar-refractivity contribution in [3.8, 4) is 5.75 Å². The molecule has 0 bridgehead atoms. The summed E-state index contributed by atoms with van der Waals surface area (Å²) in [6, 6.07) is 0. The van der Waals surface area contributed by atoms with Crippen LogP contribution < -0.4 is 10.1 Å². The average Bonchev–Trinajstić information content (AvgIpc) is 2.19. The van der Waals surface area contributed by atoms with Gasteiger partial charge in [0.25, 0.3) is 0 Å². The minimum absolute atomic E-state index is 0.185. The van der Waals surface area contributed by atoms with Crippen LogP contribution in [0.2, 0.25) is 0 Å². The van der Waals surface area contributed by atoms with Gasteiger partial charge in [-0.2, -0.15) is 0 Å². The van der Waals surface area contributed by atoms with Gasteiger partial charge in [0.05, 0.1) is 24.3 Å². The highest BCUT2D eigenvalue weighted by atomic mass is 79.9. The van der Waals surface area contributed by atoms with E-state index in [2.05, 4.69) is 31.2 Å². The molecule has 0 saturated carbocycles. The molecule has 76 valence electrons. The Morgan fingerprint density at radius 3 is 2.57 bits per heavy atom. The lowest BCUT2D eigenvalue weighted by Crippen LogP contribution is -2.21. The van der Waals surface area contributed by atoms with E-state index in [0.717, 1.165) is 0 Å².